The number of pyridine rings is 1. The summed E-state index contributed by atoms with van der Waals surface area (Å²) < 4.78 is 40.2. The molecule has 25 heavy (non-hydrogen) atoms. The first-order chi connectivity index (χ1) is 11.5. The van der Waals surface area contributed by atoms with Crippen LogP contribution in [0.25, 0.3) is 0 Å². The van der Waals surface area contributed by atoms with Crippen LogP contribution in [0.2, 0.25) is 5.02 Å². The Labute approximate surface area is 154 Å². The second-order valence-corrected chi connectivity index (χ2v) is 7.85. The van der Waals surface area contributed by atoms with E-state index in [0.29, 0.717) is 16.5 Å². The number of nitriles is 1. The molecule has 1 aromatic heterocycles. The van der Waals surface area contributed by atoms with Crippen LogP contribution < -0.4 is 0 Å². The summed E-state index contributed by atoms with van der Waals surface area (Å²) in [7, 11) is 0. The number of alkyl halides is 3. The first kappa shape index (κ1) is 19.6. The highest BCUT2D eigenvalue weighted by molar-refractivity contribution is 7.98. The van der Waals surface area contributed by atoms with Crippen LogP contribution in [-0.4, -0.2) is 4.98 Å². The van der Waals surface area contributed by atoms with Crippen LogP contribution in [0.3, 0.4) is 0 Å². The molecule has 2 aromatic rings. The average molecular weight is 385 g/mol. The predicted molar refractivity (Wildman–Crippen MR) is 93.7 cm³/mol. The molecule has 0 aliphatic rings. The molecule has 2 rings (SSSR count). The van der Waals surface area contributed by atoms with Crippen molar-refractivity contribution in [2.45, 2.75) is 43.1 Å². The van der Waals surface area contributed by atoms with Crippen molar-refractivity contribution in [1.82, 2.24) is 4.98 Å². The summed E-state index contributed by atoms with van der Waals surface area (Å²) in [5.41, 5.74) is -0.905. The van der Waals surface area contributed by atoms with Gasteiger partial charge in [-0.25, -0.2) is 4.98 Å². The Hall–Kier alpha value is -1.71. The number of benzene rings is 1. The van der Waals surface area contributed by atoms with Crippen LogP contribution in [0.4, 0.5) is 13.2 Å². The number of thioether (sulfide) groups is 1. The van der Waals surface area contributed by atoms with Crippen molar-refractivity contribution < 1.29 is 13.2 Å². The number of rotatable bonds is 3. The standard InChI is InChI=1S/C18H16ClF3N2S/c1-17(2,3)15-8-13(18(20,21)22)12(9-23)16(24-15)25-10-11-6-4-5-7-14(11)19/h4-8H,10H2,1-3H3. The Balaban J connectivity index is 2.52. The molecule has 0 N–H and O–H groups in total. The third kappa shape index (κ3) is 4.68. The van der Waals surface area contributed by atoms with Crippen molar-refractivity contribution >= 4 is 23.4 Å². The topological polar surface area (TPSA) is 36.7 Å². The average Bonchev–Trinajstić information content (AvgIpc) is 2.51. The van der Waals surface area contributed by atoms with Crippen LogP contribution in [0.5, 0.6) is 0 Å². The maximum Gasteiger partial charge on any atom is 0.417 e. The molecule has 2 nitrogen and oxygen atoms in total. The Morgan fingerprint density at radius 1 is 1.20 bits per heavy atom. The van der Waals surface area contributed by atoms with Gasteiger partial charge in [0.2, 0.25) is 0 Å². The van der Waals surface area contributed by atoms with Gasteiger partial charge in [-0.1, -0.05) is 50.6 Å². The fraction of sp³-hybridized carbons (Fsp3) is 0.333. The van der Waals surface area contributed by atoms with Crippen molar-refractivity contribution in [3.8, 4) is 6.07 Å². The van der Waals surface area contributed by atoms with Gasteiger partial charge < -0.3 is 0 Å². The molecular weight excluding hydrogens is 369 g/mol. The second kappa shape index (κ2) is 7.27. The minimum atomic E-state index is -4.62. The summed E-state index contributed by atoms with van der Waals surface area (Å²) in [6, 6.07) is 9.71. The molecule has 1 aromatic carbocycles. The molecule has 0 unspecified atom stereocenters. The summed E-state index contributed by atoms with van der Waals surface area (Å²) >= 11 is 7.17. The molecule has 1 heterocycles. The summed E-state index contributed by atoms with van der Waals surface area (Å²) in [6.45, 7) is 5.35. The predicted octanol–water partition coefficient (Wildman–Crippen LogP) is 6.22. The lowest BCUT2D eigenvalue weighted by molar-refractivity contribution is -0.138. The van der Waals surface area contributed by atoms with Crippen LogP contribution in [0, 0.1) is 11.3 Å². The molecule has 132 valence electrons. The molecule has 0 saturated carbocycles. The molecule has 0 aliphatic carbocycles. The zero-order valence-electron chi connectivity index (χ0n) is 13.9. The number of hydrogen-bond acceptors (Lipinski definition) is 3. The summed E-state index contributed by atoms with van der Waals surface area (Å²) in [5.74, 6) is 0.326. The van der Waals surface area contributed by atoms with Gasteiger partial charge in [-0.3, -0.25) is 0 Å². The van der Waals surface area contributed by atoms with Gasteiger partial charge in [-0.05, 0) is 17.7 Å². The van der Waals surface area contributed by atoms with E-state index in [2.05, 4.69) is 4.98 Å². The van der Waals surface area contributed by atoms with E-state index >= 15 is 0 Å². The van der Waals surface area contributed by atoms with Gasteiger partial charge in [0.25, 0.3) is 0 Å². The molecule has 0 fully saturated rings. The van der Waals surface area contributed by atoms with E-state index in [9.17, 15) is 18.4 Å². The van der Waals surface area contributed by atoms with E-state index in [4.69, 9.17) is 11.6 Å². The molecular formula is C18H16ClF3N2S. The normalized spacial score (nSPS) is 12.1. The van der Waals surface area contributed by atoms with Crippen molar-refractivity contribution in [1.29, 1.82) is 5.26 Å². The molecule has 0 bridgehead atoms. The molecule has 0 amide bonds. The molecule has 0 atom stereocenters. The zero-order valence-corrected chi connectivity index (χ0v) is 15.5. The summed E-state index contributed by atoms with van der Waals surface area (Å²) in [4.78, 5) is 4.33. The van der Waals surface area contributed by atoms with E-state index in [-0.39, 0.29) is 5.03 Å². The van der Waals surface area contributed by atoms with E-state index in [1.54, 1.807) is 51.1 Å². The Morgan fingerprint density at radius 2 is 1.84 bits per heavy atom. The molecule has 0 aliphatic heterocycles. The molecule has 0 spiro atoms. The van der Waals surface area contributed by atoms with Gasteiger partial charge >= 0.3 is 6.18 Å². The van der Waals surface area contributed by atoms with Crippen LogP contribution in [0.15, 0.2) is 35.4 Å². The minimum absolute atomic E-state index is 0.0715. The number of hydrogen-bond donors (Lipinski definition) is 0. The highest BCUT2D eigenvalue weighted by Gasteiger charge is 2.37. The highest BCUT2D eigenvalue weighted by Crippen LogP contribution is 2.39. The van der Waals surface area contributed by atoms with Crippen LogP contribution >= 0.6 is 23.4 Å². The van der Waals surface area contributed by atoms with Gasteiger partial charge in [0.1, 0.15) is 11.1 Å². The largest absolute Gasteiger partial charge is 0.417 e. The fourth-order valence-electron chi connectivity index (χ4n) is 2.10. The van der Waals surface area contributed by atoms with Gasteiger partial charge in [0, 0.05) is 21.9 Å². The quantitative estimate of drug-likeness (QED) is 0.590. The van der Waals surface area contributed by atoms with Gasteiger partial charge in [-0.2, -0.15) is 18.4 Å². The van der Waals surface area contributed by atoms with Gasteiger partial charge in [0.05, 0.1) is 11.1 Å². The fourth-order valence-corrected chi connectivity index (χ4v) is 3.39. The lowest BCUT2D eigenvalue weighted by Crippen LogP contribution is -2.18. The summed E-state index contributed by atoms with van der Waals surface area (Å²) in [5, 5.41) is 9.87. The summed E-state index contributed by atoms with van der Waals surface area (Å²) in [6.07, 6.45) is -4.62. The first-order valence-electron chi connectivity index (χ1n) is 7.43. The van der Waals surface area contributed by atoms with Crippen LogP contribution in [-0.2, 0) is 17.3 Å². The van der Waals surface area contributed by atoms with E-state index in [1.807, 2.05) is 0 Å². The third-order valence-electron chi connectivity index (χ3n) is 3.49. The van der Waals surface area contributed by atoms with Crippen molar-refractivity contribution in [3.05, 3.63) is 57.7 Å². The number of aromatic nitrogens is 1. The van der Waals surface area contributed by atoms with Crippen molar-refractivity contribution in [2.24, 2.45) is 0 Å². The smallest absolute Gasteiger partial charge is 0.245 e. The Kier molecular flexibility index (Phi) is 5.70. The first-order valence-corrected chi connectivity index (χ1v) is 8.79. The van der Waals surface area contributed by atoms with Crippen LogP contribution in [0.1, 0.15) is 43.2 Å². The molecule has 0 radical (unpaired) electrons. The molecule has 7 heteroatoms. The van der Waals surface area contributed by atoms with Gasteiger partial charge in [0.15, 0.2) is 0 Å². The lowest BCUT2D eigenvalue weighted by Gasteiger charge is -2.21. The van der Waals surface area contributed by atoms with Crippen molar-refractivity contribution in [2.75, 3.05) is 0 Å². The highest BCUT2D eigenvalue weighted by atomic mass is 35.5. The zero-order chi connectivity index (χ0) is 18.8. The minimum Gasteiger partial charge on any atom is -0.245 e. The monoisotopic (exact) mass is 384 g/mol. The maximum absolute atomic E-state index is 13.4. The third-order valence-corrected chi connectivity index (χ3v) is 4.89. The Bertz CT molecular complexity index is 821. The molecule has 0 saturated heterocycles. The van der Waals surface area contributed by atoms with E-state index in [1.165, 1.54) is 0 Å². The number of halogens is 4. The maximum atomic E-state index is 13.4. The second-order valence-electron chi connectivity index (χ2n) is 6.47. The van der Waals surface area contributed by atoms with E-state index in [0.717, 1.165) is 23.4 Å². The Morgan fingerprint density at radius 3 is 2.36 bits per heavy atom. The SMILES string of the molecule is CC(C)(C)c1cc(C(F)(F)F)c(C#N)c(SCc2ccccc2Cl)n1. The van der Waals surface area contributed by atoms with Crippen molar-refractivity contribution in [3.63, 3.8) is 0 Å². The lowest BCUT2D eigenvalue weighted by atomic mass is 9.90. The number of nitrogens with zero attached hydrogens (tertiary/aromatic N) is 2. The van der Waals surface area contributed by atoms with Gasteiger partial charge in [-0.15, -0.1) is 11.8 Å². The van der Waals surface area contributed by atoms with E-state index < -0.39 is 22.7 Å².